The van der Waals surface area contributed by atoms with Gasteiger partial charge in [-0.1, -0.05) is 12.1 Å². The number of hydrogen-bond acceptors (Lipinski definition) is 6. The molecule has 1 aromatic heterocycles. The first-order valence-corrected chi connectivity index (χ1v) is 10.4. The van der Waals surface area contributed by atoms with Crippen LogP contribution in [-0.2, 0) is 4.79 Å². The van der Waals surface area contributed by atoms with Crippen molar-refractivity contribution in [3.8, 4) is 5.88 Å². The van der Waals surface area contributed by atoms with Crippen molar-refractivity contribution >= 4 is 34.4 Å². The Morgan fingerprint density at radius 1 is 1.06 bits per heavy atom. The summed E-state index contributed by atoms with van der Waals surface area (Å²) < 4.78 is 5.75. The summed E-state index contributed by atoms with van der Waals surface area (Å²) in [5.74, 6) is 0.630. The van der Waals surface area contributed by atoms with Gasteiger partial charge in [-0.05, 0) is 56.2 Å². The topological polar surface area (TPSA) is 110 Å². The van der Waals surface area contributed by atoms with Crippen molar-refractivity contribution in [1.29, 1.82) is 0 Å². The van der Waals surface area contributed by atoms with Gasteiger partial charge in [0.1, 0.15) is 0 Å². The molecule has 0 radical (unpaired) electrons. The van der Waals surface area contributed by atoms with Gasteiger partial charge in [0.05, 0.1) is 17.6 Å². The number of amides is 2. The summed E-state index contributed by atoms with van der Waals surface area (Å²) in [6, 6.07) is 14.3. The molecule has 31 heavy (non-hydrogen) atoms. The lowest BCUT2D eigenvalue weighted by Gasteiger charge is -2.32. The summed E-state index contributed by atoms with van der Waals surface area (Å²) in [5, 5.41) is 2.93. The van der Waals surface area contributed by atoms with E-state index in [-0.39, 0.29) is 11.8 Å². The highest BCUT2D eigenvalue weighted by Gasteiger charge is 2.28. The number of ether oxygens (including phenoxy) is 1. The molecule has 0 saturated carbocycles. The Morgan fingerprint density at radius 2 is 1.71 bits per heavy atom. The Bertz CT molecular complexity index is 1090. The van der Waals surface area contributed by atoms with Gasteiger partial charge in [-0.2, -0.15) is 0 Å². The molecule has 1 aliphatic heterocycles. The Labute approximate surface area is 180 Å². The molecule has 0 atom stereocenters. The van der Waals surface area contributed by atoms with Crippen LogP contribution in [-0.4, -0.2) is 41.5 Å². The van der Waals surface area contributed by atoms with Crippen molar-refractivity contribution in [1.82, 2.24) is 9.97 Å². The smallest absolute Gasteiger partial charge is 0.258 e. The van der Waals surface area contributed by atoms with Gasteiger partial charge in [0.2, 0.25) is 11.8 Å². The van der Waals surface area contributed by atoms with Crippen LogP contribution in [0.5, 0.6) is 5.88 Å². The first-order valence-electron chi connectivity index (χ1n) is 10.4. The zero-order valence-corrected chi connectivity index (χ0v) is 17.4. The molecule has 1 fully saturated rings. The highest BCUT2D eigenvalue weighted by molar-refractivity contribution is 5.95. The van der Waals surface area contributed by atoms with Gasteiger partial charge < -0.3 is 20.7 Å². The van der Waals surface area contributed by atoms with Crippen molar-refractivity contribution in [2.45, 2.75) is 19.8 Å². The van der Waals surface area contributed by atoms with Crippen molar-refractivity contribution in [3.63, 3.8) is 0 Å². The standard InChI is InChI=1S/C23H25N5O3/c1-2-31-23-21(26-18-5-3-4-6-19(18)27-23)28-13-11-16(12-14-28)22(30)25-17-9-7-15(8-10-17)20(24)29/h3-10,16H,2,11-14H2,1H3,(H2,24,29)(H,25,30). The average molecular weight is 419 g/mol. The predicted molar refractivity (Wildman–Crippen MR) is 119 cm³/mol. The zero-order valence-electron chi connectivity index (χ0n) is 17.4. The maximum atomic E-state index is 12.7. The molecular formula is C23H25N5O3. The number of carbonyl (C=O) groups is 2. The molecule has 2 heterocycles. The summed E-state index contributed by atoms with van der Waals surface area (Å²) >= 11 is 0. The Morgan fingerprint density at radius 3 is 2.32 bits per heavy atom. The van der Waals surface area contributed by atoms with Crippen molar-refractivity contribution in [2.24, 2.45) is 11.7 Å². The van der Waals surface area contributed by atoms with Crippen molar-refractivity contribution < 1.29 is 14.3 Å². The van der Waals surface area contributed by atoms with E-state index < -0.39 is 5.91 Å². The maximum absolute atomic E-state index is 12.7. The van der Waals surface area contributed by atoms with Crippen LogP contribution < -0.4 is 20.7 Å². The van der Waals surface area contributed by atoms with Gasteiger partial charge in [0.15, 0.2) is 5.82 Å². The molecule has 160 valence electrons. The van der Waals surface area contributed by atoms with E-state index in [0.29, 0.717) is 49.7 Å². The van der Waals surface area contributed by atoms with Crippen LogP contribution in [0.2, 0.25) is 0 Å². The number of carbonyl (C=O) groups excluding carboxylic acids is 2. The molecule has 3 aromatic rings. The van der Waals surface area contributed by atoms with E-state index in [1.54, 1.807) is 24.3 Å². The van der Waals surface area contributed by atoms with E-state index >= 15 is 0 Å². The number of nitrogens with zero attached hydrogens (tertiary/aromatic N) is 3. The summed E-state index contributed by atoms with van der Waals surface area (Å²) in [5.41, 5.74) is 7.93. The Kier molecular flexibility index (Phi) is 5.97. The molecule has 4 rings (SSSR count). The SMILES string of the molecule is CCOc1nc2ccccc2nc1N1CCC(C(=O)Nc2ccc(C(N)=O)cc2)CC1. The maximum Gasteiger partial charge on any atom is 0.258 e. The lowest BCUT2D eigenvalue weighted by molar-refractivity contribution is -0.120. The lowest BCUT2D eigenvalue weighted by atomic mass is 9.95. The normalized spacial score (nSPS) is 14.4. The summed E-state index contributed by atoms with van der Waals surface area (Å²) in [4.78, 5) is 35.4. The Hall–Kier alpha value is -3.68. The zero-order chi connectivity index (χ0) is 21.8. The minimum Gasteiger partial charge on any atom is -0.475 e. The molecule has 0 bridgehead atoms. The first kappa shape index (κ1) is 20.6. The monoisotopic (exact) mass is 419 g/mol. The molecule has 1 saturated heterocycles. The van der Waals surface area contributed by atoms with Crippen LogP contribution in [0, 0.1) is 5.92 Å². The second-order valence-electron chi connectivity index (χ2n) is 7.47. The van der Waals surface area contributed by atoms with E-state index in [9.17, 15) is 9.59 Å². The van der Waals surface area contributed by atoms with E-state index in [4.69, 9.17) is 15.5 Å². The number of nitrogens with two attached hydrogens (primary N) is 1. The number of rotatable bonds is 6. The highest BCUT2D eigenvalue weighted by Crippen LogP contribution is 2.31. The third-order valence-corrected chi connectivity index (χ3v) is 5.40. The third-order valence-electron chi connectivity index (χ3n) is 5.40. The van der Waals surface area contributed by atoms with Gasteiger partial charge in [-0.3, -0.25) is 9.59 Å². The summed E-state index contributed by atoms with van der Waals surface area (Å²) in [7, 11) is 0. The second kappa shape index (κ2) is 8.99. The fraction of sp³-hybridized carbons (Fsp3) is 0.304. The number of primary amides is 1. The number of para-hydroxylation sites is 2. The van der Waals surface area contributed by atoms with Crippen molar-refractivity contribution in [3.05, 3.63) is 54.1 Å². The molecule has 0 aliphatic carbocycles. The number of hydrogen-bond donors (Lipinski definition) is 2. The van der Waals surface area contributed by atoms with E-state index in [1.807, 2.05) is 31.2 Å². The molecule has 1 aliphatic rings. The number of piperidine rings is 1. The van der Waals surface area contributed by atoms with Gasteiger partial charge >= 0.3 is 0 Å². The first-order chi connectivity index (χ1) is 15.0. The van der Waals surface area contributed by atoms with E-state index in [0.717, 1.165) is 16.9 Å². The molecule has 8 heteroatoms. The molecule has 0 spiro atoms. The molecule has 0 unspecified atom stereocenters. The molecule has 8 nitrogen and oxygen atoms in total. The minimum atomic E-state index is -0.492. The minimum absolute atomic E-state index is 0.0268. The number of fused-ring (bicyclic) bond motifs is 1. The molecule has 2 amide bonds. The number of anilines is 2. The average Bonchev–Trinajstić information content (AvgIpc) is 2.79. The van der Waals surface area contributed by atoms with Crippen LogP contribution in [0.3, 0.4) is 0 Å². The van der Waals surface area contributed by atoms with Crippen LogP contribution in [0.1, 0.15) is 30.1 Å². The Balaban J connectivity index is 1.42. The van der Waals surface area contributed by atoms with E-state index in [2.05, 4.69) is 15.2 Å². The van der Waals surface area contributed by atoms with E-state index in [1.165, 1.54) is 0 Å². The number of nitrogens with one attached hydrogen (secondary N) is 1. The quantitative estimate of drug-likeness (QED) is 0.636. The largest absolute Gasteiger partial charge is 0.475 e. The fourth-order valence-electron chi connectivity index (χ4n) is 3.73. The number of benzene rings is 2. The van der Waals surface area contributed by atoms with Crippen LogP contribution >= 0.6 is 0 Å². The van der Waals surface area contributed by atoms with Gasteiger partial charge in [-0.15, -0.1) is 0 Å². The molecular weight excluding hydrogens is 394 g/mol. The fourth-order valence-corrected chi connectivity index (χ4v) is 3.73. The number of aromatic nitrogens is 2. The van der Waals surface area contributed by atoms with Gasteiger partial charge in [0.25, 0.3) is 5.88 Å². The molecule has 2 aromatic carbocycles. The molecule has 3 N–H and O–H groups in total. The third kappa shape index (κ3) is 4.58. The van der Waals surface area contributed by atoms with Gasteiger partial charge in [-0.25, -0.2) is 9.97 Å². The van der Waals surface area contributed by atoms with Crippen LogP contribution in [0.4, 0.5) is 11.5 Å². The lowest BCUT2D eigenvalue weighted by Crippen LogP contribution is -2.39. The predicted octanol–water partition coefficient (Wildman–Crippen LogP) is 2.98. The van der Waals surface area contributed by atoms with Gasteiger partial charge in [0, 0.05) is 30.3 Å². The summed E-state index contributed by atoms with van der Waals surface area (Å²) in [6.07, 6.45) is 1.40. The van der Waals surface area contributed by atoms with Crippen LogP contribution in [0.15, 0.2) is 48.5 Å². The summed E-state index contributed by atoms with van der Waals surface area (Å²) in [6.45, 7) is 3.80. The van der Waals surface area contributed by atoms with Crippen LogP contribution in [0.25, 0.3) is 11.0 Å². The highest BCUT2D eigenvalue weighted by atomic mass is 16.5. The van der Waals surface area contributed by atoms with Crippen molar-refractivity contribution in [2.75, 3.05) is 29.9 Å². The second-order valence-corrected chi connectivity index (χ2v) is 7.47.